The third-order valence-corrected chi connectivity index (χ3v) is 4.60. The summed E-state index contributed by atoms with van der Waals surface area (Å²) >= 11 is 0. The summed E-state index contributed by atoms with van der Waals surface area (Å²) in [4.78, 5) is 1.93. The van der Waals surface area contributed by atoms with E-state index in [1.54, 1.807) is 0 Å². The lowest BCUT2D eigenvalue weighted by molar-refractivity contribution is -0.223. The molecule has 2 rings (SSSR count). The second kappa shape index (κ2) is 7.34. The Morgan fingerprint density at radius 3 is 1.40 bits per heavy atom. The van der Waals surface area contributed by atoms with Crippen molar-refractivity contribution in [2.45, 2.75) is 31.2 Å². The molecule has 0 aliphatic rings. The molecule has 0 aliphatic heterocycles. The van der Waals surface area contributed by atoms with Gasteiger partial charge in [-0.3, -0.25) is 0 Å². The number of nitrogens with zero attached hydrogens (tertiary/aromatic N) is 1. The second-order valence-corrected chi connectivity index (χ2v) is 6.55. The van der Waals surface area contributed by atoms with Gasteiger partial charge in [0.25, 0.3) is 0 Å². The highest BCUT2D eigenvalue weighted by atomic mass is 35.5. The Labute approximate surface area is 152 Å². The fraction of sp³-hybridized carbons (Fsp3) is 0.368. The Balaban J connectivity index is 0.00000312. The average Bonchev–Trinajstić information content (AvgIpc) is 2.55. The van der Waals surface area contributed by atoms with Gasteiger partial charge in [-0.05, 0) is 33.5 Å². The van der Waals surface area contributed by atoms with E-state index in [-0.39, 0.29) is 12.4 Å². The molecular weight excluding hydrogens is 354 g/mol. The molecular formula is C19H22ClF4N. The van der Waals surface area contributed by atoms with E-state index >= 15 is 0 Å². The summed E-state index contributed by atoms with van der Waals surface area (Å²) in [5, 5.41) is 0. The quantitative estimate of drug-likeness (QED) is 0.598. The van der Waals surface area contributed by atoms with Crippen molar-refractivity contribution in [3.8, 4) is 0 Å². The number of hydrogen-bond acceptors (Lipinski definition) is 1. The highest BCUT2D eigenvalue weighted by molar-refractivity contribution is 5.85. The van der Waals surface area contributed by atoms with Crippen molar-refractivity contribution in [2.75, 3.05) is 14.1 Å². The summed E-state index contributed by atoms with van der Waals surface area (Å²) in [7, 11) is 3.73. The maximum Gasteiger partial charge on any atom is 0.339 e. The fourth-order valence-electron chi connectivity index (χ4n) is 2.36. The Hall–Kier alpha value is -1.59. The molecule has 0 saturated carbocycles. The maximum atomic E-state index is 14.4. The van der Waals surface area contributed by atoms with Crippen LogP contribution in [0.3, 0.4) is 0 Å². The largest absolute Gasteiger partial charge is 0.339 e. The van der Waals surface area contributed by atoms with Crippen LogP contribution in [0, 0.1) is 0 Å². The van der Waals surface area contributed by atoms with E-state index in [0.29, 0.717) is 0 Å². The van der Waals surface area contributed by atoms with Gasteiger partial charge < -0.3 is 4.90 Å². The van der Waals surface area contributed by atoms with Gasteiger partial charge in [0.2, 0.25) is 0 Å². The van der Waals surface area contributed by atoms with E-state index in [0.717, 1.165) is 29.8 Å². The third-order valence-electron chi connectivity index (χ3n) is 4.60. The zero-order chi connectivity index (χ0) is 18.2. The summed E-state index contributed by atoms with van der Waals surface area (Å²) < 4.78 is 57.5. The Morgan fingerprint density at radius 1 is 0.640 bits per heavy atom. The number of alkyl halides is 4. The van der Waals surface area contributed by atoms with Crippen molar-refractivity contribution in [2.24, 2.45) is 0 Å². The smallest absolute Gasteiger partial charge is 0.300 e. The van der Waals surface area contributed by atoms with Crippen LogP contribution >= 0.6 is 12.4 Å². The third kappa shape index (κ3) is 3.82. The lowest BCUT2D eigenvalue weighted by atomic mass is 9.90. The van der Waals surface area contributed by atoms with Crippen LogP contribution in [0.15, 0.2) is 54.6 Å². The molecule has 0 aliphatic carbocycles. The van der Waals surface area contributed by atoms with Crippen molar-refractivity contribution in [1.29, 1.82) is 0 Å². The predicted molar refractivity (Wildman–Crippen MR) is 94.6 cm³/mol. The molecule has 138 valence electrons. The minimum Gasteiger partial charge on any atom is -0.300 e. The second-order valence-electron chi connectivity index (χ2n) is 6.55. The first-order valence-electron chi connectivity index (χ1n) is 7.61. The van der Waals surface area contributed by atoms with E-state index < -0.39 is 28.5 Å². The molecule has 0 N–H and O–H groups in total. The zero-order valence-corrected chi connectivity index (χ0v) is 15.4. The van der Waals surface area contributed by atoms with Gasteiger partial charge in [0, 0.05) is 16.7 Å². The van der Waals surface area contributed by atoms with Crippen LogP contribution in [0.4, 0.5) is 17.6 Å². The van der Waals surface area contributed by atoms with Crippen LogP contribution in [0.25, 0.3) is 0 Å². The topological polar surface area (TPSA) is 3.24 Å². The molecule has 2 aromatic carbocycles. The van der Waals surface area contributed by atoms with Gasteiger partial charge in [-0.25, -0.2) is 0 Å². The average molecular weight is 376 g/mol. The normalized spacial score (nSPS) is 12.8. The Bertz CT molecular complexity index is 682. The molecule has 0 aromatic heterocycles. The number of benzene rings is 2. The molecule has 0 spiro atoms. The number of halogens is 5. The van der Waals surface area contributed by atoms with E-state index in [1.165, 1.54) is 30.3 Å². The van der Waals surface area contributed by atoms with Crippen molar-refractivity contribution < 1.29 is 17.6 Å². The summed E-state index contributed by atoms with van der Waals surface area (Å²) in [6.07, 6.45) is 0. The first kappa shape index (κ1) is 21.5. The van der Waals surface area contributed by atoms with E-state index in [1.807, 2.05) is 32.8 Å². The zero-order valence-electron chi connectivity index (χ0n) is 14.6. The highest BCUT2D eigenvalue weighted by Crippen LogP contribution is 2.49. The van der Waals surface area contributed by atoms with Crippen LogP contribution in [-0.4, -0.2) is 19.0 Å². The summed E-state index contributed by atoms with van der Waals surface area (Å²) in [5.74, 6) is -8.58. The van der Waals surface area contributed by atoms with Gasteiger partial charge in [0.05, 0.1) is 0 Å². The van der Waals surface area contributed by atoms with Crippen molar-refractivity contribution in [1.82, 2.24) is 4.90 Å². The lowest BCUT2D eigenvalue weighted by Gasteiger charge is -2.34. The Kier molecular flexibility index (Phi) is 6.30. The summed E-state index contributed by atoms with van der Waals surface area (Å²) in [6, 6.07) is 11.3. The minimum absolute atomic E-state index is 0. The molecule has 0 fully saturated rings. The molecule has 2 aromatic rings. The lowest BCUT2D eigenvalue weighted by Crippen LogP contribution is -2.37. The van der Waals surface area contributed by atoms with E-state index in [9.17, 15) is 17.6 Å². The van der Waals surface area contributed by atoms with Gasteiger partial charge in [-0.2, -0.15) is 17.6 Å². The number of hydrogen-bond donors (Lipinski definition) is 0. The van der Waals surface area contributed by atoms with Crippen molar-refractivity contribution in [3.05, 3.63) is 71.3 Å². The first-order valence-corrected chi connectivity index (χ1v) is 7.61. The van der Waals surface area contributed by atoms with Crippen LogP contribution in [0.2, 0.25) is 0 Å². The van der Waals surface area contributed by atoms with Crippen LogP contribution < -0.4 is 0 Å². The Morgan fingerprint density at radius 2 is 1.00 bits per heavy atom. The predicted octanol–water partition coefficient (Wildman–Crippen LogP) is 5.79. The molecule has 0 atom stereocenters. The van der Waals surface area contributed by atoms with Crippen LogP contribution in [-0.2, 0) is 17.4 Å². The molecule has 6 heteroatoms. The molecule has 1 nitrogen and oxygen atoms in total. The van der Waals surface area contributed by atoms with Gasteiger partial charge in [0.15, 0.2) is 0 Å². The van der Waals surface area contributed by atoms with Gasteiger partial charge in [-0.15, -0.1) is 12.4 Å². The van der Waals surface area contributed by atoms with Crippen LogP contribution in [0.1, 0.15) is 30.5 Å². The van der Waals surface area contributed by atoms with Crippen LogP contribution in [0.5, 0.6) is 0 Å². The van der Waals surface area contributed by atoms with Gasteiger partial charge >= 0.3 is 11.8 Å². The van der Waals surface area contributed by atoms with Gasteiger partial charge in [0.1, 0.15) is 0 Å². The van der Waals surface area contributed by atoms with E-state index in [2.05, 4.69) is 0 Å². The minimum atomic E-state index is -4.30. The molecule has 0 heterocycles. The van der Waals surface area contributed by atoms with Crippen molar-refractivity contribution >= 4 is 12.4 Å². The van der Waals surface area contributed by atoms with Crippen molar-refractivity contribution in [3.63, 3.8) is 0 Å². The summed E-state index contributed by atoms with van der Waals surface area (Å²) in [6.45, 7) is 3.86. The van der Waals surface area contributed by atoms with E-state index in [4.69, 9.17) is 0 Å². The molecule has 0 amide bonds. The fourth-order valence-corrected chi connectivity index (χ4v) is 2.36. The molecule has 0 unspecified atom stereocenters. The summed E-state index contributed by atoms with van der Waals surface area (Å²) in [5.41, 5.74) is -1.02. The molecule has 0 saturated heterocycles. The standard InChI is InChI=1S/C19H21F4N.ClH/c1-17(2,24(3)4)14-10-12-16(13-11-14)19(22,23)18(20,21)15-8-6-5-7-9-15;/h5-13H,1-4H3;1H. The van der Waals surface area contributed by atoms with Gasteiger partial charge in [-0.1, -0.05) is 54.6 Å². The monoisotopic (exact) mass is 375 g/mol. The number of rotatable bonds is 5. The first-order chi connectivity index (χ1) is 11.0. The molecule has 0 radical (unpaired) electrons. The SMILES string of the molecule is CN(C)C(C)(C)c1ccc(C(F)(F)C(F)(F)c2ccccc2)cc1.Cl. The molecule has 0 bridgehead atoms. The maximum absolute atomic E-state index is 14.4. The molecule has 25 heavy (non-hydrogen) atoms. The highest BCUT2D eigenvalue weighted by Gasteiger charge is 2.58.